The fourth-order valence-corrected chi connectivity index (χ4v) is 3.24. The molecule has 4 nitrogen and oxygen atoms in total. The van der Waals surface area contributed by atoms with Crippen molar-refractivity contribution in [2.45, 2.75) is 38.2 Å². The summed E-state index contributed by atoms with van der Waals surface area (Å²) in [6.45, 7) is 3.43. The largest absolute Gasteiger partial charge is 0.393 e. The third-order valence-electron chi connectivity index (χ3n) is 3.66. The van der Waals surface area contributed by atoms with Crippen LogP contribution in [0.25, 0.3) is 0 Å². The second-order valence-corrected chi connectivity index (χ2v) is 6.32. The SMILES string of the molecule is C[C@@H](CNC(=O)NC[C@@H]1CC[C@@H](O)C1)c1cccs1. The van der Waals surface area contributed by atoms with Crippen molar-refractivity contribution >= 4 is 17.4 Å². The zero-order valence-corrected chi connectivity index (χ0v) is 12.1. The summed E-state index contributed by atoms with van der Waals surface area (Å²) < 4.78 is 0. The molecule has 1 aliphatic carbocycles. The summed E-state index contributed by atoms with van der Waals surface area (Å²) >= 11 is 1.72. The summed E-state index contributed by atoms with van der Waals surface area (Å²) in [4.78, 5) is 13.0. The van der Waals surface area contributed by atoms with E-state index in [0.717, 1.165) is 19.3 Å². The van der Waals surface area contributed by atoms with E-state index in [1.54, 1.807) is 11.3 Å². The van der Waals surface area contributed by atoms with Gasteiger partial charge in [0.15, 0.2) is 0 Å². The van der Waals surface area contributed by atoms with Gasteiger partial charge in [-0.3, -0.25) is 0 Å². The first-order valence-corrected chi connectivity index (χ1v) is 7.76. The maximum atomic E-state index is 11.7. The van der Waals surface area contributed by atoms with E-state index in [9.17, 15) is 9.90 Å². The van der Waals surface area contributed by atoms with Crippen LogP contribution in [-0.2, 0) is 0 Å². The van der Waals surface area contributed by atoms with Crippen molar-refractivity contribution in [1.82, 2.24) is 10.6 Å². The number of aliphatic hydroxyl groups excluding tert-OH is 1. The number of hydrogen-bond acceptors (Lipinski definition) is 3. The average molecular weight is 282 g/mol. The summed E-state index contributed by atoms with van der Waals surface area (Å²) in [6, 6.07) is 4.02. The average Bonchev–Trinajstić information content (AvgIpc) is 3.04. The normalized spacial score (nSPS) is 24.1. The molecule has 3 N–H and O–H groups in total. The third kappa shape index (κ3) is 4.51. The highest BCUT2D eigenvalue weighted by atomic mass is 32.1. The van der Waals surface area contributed by atoms with Gasteiger partial charge in [-0.05, 0) is 36.6 Å². The molecule has 2 rings (SSSR count). The van der Waals surface area contributed by atoms with E-state index in [1.807, 2.05) is 6.07 Å². The van der Waals surface area contributed by atoms with Crippen LogP contribution in [0.3, 0.4) is 0 Å². The molecule has 1 aromatic heterocycles. The van der Waals surface area contributed by atoms with Gasteiger partial charge in [-0.15, -0.1) is 11.3 Å². The summed E-state index contributed by atoms with van der Waals surface area (Å²) in [7, 11) is 0. The number of aliphatic hydroxyl groups is 1. The Bertz CT molecular complexity index is 394. The van der Waals surface area contributed by atoms with Gasteiger partial charge in [0, 0.05) is 23.9 Å². The predicted octanol–water partition coefficient (Wildman–Crippen LogP) is 2.31. The van der Waals surface area contributed by atoms with Crippen LogP contribution in [0.2, 0.25) is 0 Å². The molecule has 0 aliphatic heterocycles. The van der Waals surface area contributed by atoms with Gasteiger partial charge in [0.2, 0.25) is 0 Å². The zero-order valence-electron chi connectivity index (χ0n) is 11.3. The Labute approximate surface area is 118 Å². The Morgan fingerprint density at radius 3 is 3.00 bits per heavy atom. The van der Waals surface area contributed by atoms with Crippen molar-refractivity contribution in [2.75, 3.05) is 13.1 Å². The minimum Gasteiger partial charge on any atom is -0.393 e. The number of hydrogen-bond donors (Lipinski definition) is 3. The van der Waals surface area contributed by atoms with Gasteiger partial charge in [0.25, 0.3) is 0 Å². The molecule has 2 amide bonds. The molecule has 0 spiro atoms. The molecule has 0 saturated heterocycles. The topological polar surface area (TPSA) is 61.4 Å². The van der Waals surface area contributed by atoms with Crippen molar-refractivity contribution in [3.63, 3.8) is 0 Å². The minimum atomic E-state index is -0.172. The van der Waals surface area contributed by atoms with Gasteiger partial charge in [0.1, 0.15) is 0 Å². The smallest absolute Gasteiger partial charge is 0.314 e. The molecule has 0 unspecified atom stereocenters. The van der Waals surface area contributed by atoms with E-state index in [2.05, 4.69) is 29.0 Å². The molecular weight excluding hydrogens is 260 g/mol. The van der Waals surface area contributed by atoms with Crippen LogP contribution < -0.4 is 10.6 Å². The molecule has 1 heterocycles. The van der Waals surface area contributed by atoms with Crippen LogP contribution >= 0.6 is 11.3 Å². The van der Waals surface area contributed by atoms with Gasteiger partial charge in [-0.1, -0.05) is 13.0 Å². The summed E-state index contributed by atoms with van der Waals surface area (Å²) in [5, 5.41) is 17.3. The number of thiophene rings is 1. The second-order valence-electron chi connectivity index (χ2n) is 5.34. The maximum Gasteiger partial charge on any atom is 0.314 e. The fraction of sp³-hybridized carbons (Fsp3) is 0.643. The van der Waals surface area contributed by atoms with Crippen LogP contribution in [0, 0.1) is 5.92 Å². The predicted molar refractivity (Wildman–Crippen MR) is 77.5 cm³/mol. The number of rotatable bonds is 5. The van der Waals surface area contributed by atoms with Crippen molar-refractivity contribution in [2.24, 2.45) is 5.92 Å². The van der Waals surface area contributed by atoms with Crippen molar-refractivity contribution in [3.8, 4) is 0 Å². The Balaban J connectivity index is 1.62. The van der Waals surface area contributed by atoms with Crippen LogP contribution in [0.1, 0.15) is 37.0 Å². The summed E-state index contributed by atoms with van der Waals surface area (Å²) in [5.41, 5.74) is 0. The van der Waals surface area contributed by atoms with Gasteiger partial charge in [-0.25, -0.2) is 4.79 Å². The highest BCUT2D eigenvalue weighted by Gasteiger charge is 2.22. The van der Waals surface area contributed by atoms with E-state index in [1.165, 1.54) is 4.88 Å². The summed E-state index contributed by atoms with van der Waals surface area (Å²) in [6.07, 6.45) is 2.51. The molecule has 3 atom stereocenters. The molecule has 0 aromatic carbocycles. The Morgan fingerprint density at radius 1 is 1.53 bits per heavy atom. The van der Waals surface area contributed by atoms with E-state index >= 15 is 0 Å². The maximum absolute atomic E-state index is 11.7. The monoisotopic (exact) mass is 282 g/mol. The number of nitrogens with one attached hydrogen (secondary N) is 2. The molecule has 19 heavy (non-hydrogen) atoms. The molecule has 106 valence electrons. The third-order valence-corrected chi connectivity index (χ3v) is 4.77. The number of carbonyl (C=O) groups is 1. The fourth-order valence-electron chi connectivity index (χ4n) is 2.45. The first-order chi connectivity index (χ1) is 9.15. The highest BCUT2D eigenvalue weighted by molar-refractivity contribution is 7.10. The molecule has 1 aromatic rings. The van der Waals surface area contributed by atoms with Crippen molar-refractivity contribution < 1.29 is 9.90 Å². The lowest BCUT2D eigenvalue weighted by atomic mass is 10.1. The zero-order chi connectivity index (χ0) is 13.7. The standard InChI is InChI=1S/C14H22N2O2S/c1-10(13-3-2-6-19-13)8-15-14(18)16-9-11-4-5-12(17)7-11/h2-3,6,10-12,17H,4-5,7-9H2,1H3,(H2,15,16,18)/t10-,11+,12+/m0/s1. The Kier molecular flexibility index (Phi) is 5.22. The number of carbonyl (C=O) groups excluding carboxylic acids is 1. The van der Waals surface area contributed by atoms with E-state index in [0.29, 0.717) is 24.9 Å². The van der Waals surface area contributed by atoms with Crippen molar-refractivity contribution in [3.05, 3.63) is 22.4 Å². The van der Waals surface area contributed by atoms with Crippen LogP contribution in [0.4, 0.5) is 4.79 Å². The van der Waals surface area contributed by atoms with E-state index in [-0.39, 0.29) is 12.1 Å². The van der Waals surface area contributed by atoms with Gasteiger partial charge in [0.05, 0.1) is 6.10 Å². The van der Waals surface area contributed by atoms with Gasteiger partial charge >= 0.3 is 6.03 Å². The van der Waals surface area contributed by atoms with Gasteiger partial charge < -0.3 is 15.7 Å². The summed E-state index contributed by atoms with van der Waals surface area (Å²) in [5.74, 6) is 0.773. The van der Waals surface area contributed by atoms with E-state index in [4.69, 9.17) is 0 Å². The van der Waals surface area contributed by atoms with E-state index < -0.39 is 0 Å². The number of amides is 2. The lowest BCUT2D eigenvalue weighted by Gasteiger charge is -2.14. The second kappa shape index (κ2) is 6.91. The molecule has 5 heteroatoms. The molecule has 1 fully saturated rings. The first-order valence-electron chi connectivity index (χ1n) is 6.88. The molecule has 0 radical (unpaired) electrons. The van der Waals surface area contributed by atoms with Crippen molar-refractivity contribution in [1.29, 1.82) is 0 Å². The highest BCUT2D eigenvalue weighted by Crippen LogP contribution is 2.24. The lowest BCUT2D eigenvalue weighted by Crippen LogP contribution is -2.39. The van der Waals surface area contributed by atoms with Crippen LogP contribution in [0.15, 0.2) is 17.5 Å². The number of urea groups is 1. The minimum absolute atomic E-state index is 0.107. The molecule has 1 saturated carbocycles. The molecule has 1 aliphatic rings. The molecule has 0 bridgehead atoms. The molecular formula is C14H22N2O2S. The van der Waals surface area contributed by atoms with Crippen LogP contribution in [-0.4, -0.2) is 30.3 Å². The lowest BCUT2D eigenvalue weighted by molar-refractivity contribution is 0.177. The Hall–Kier alpha value is -1.07. The van der Waals surface area contributed by atoms with Gasteiger partial charge in [-0.2, -0.15) is 0 Å². The quantitative estimate of drug-likeness (QED) is 0.776. The van der Waals surface area contributed by atoms with Crippen LogP contribution in [0.5, 0.6) is 0 Å². The Morgan fingerprint density at radius 2 is 2.37 bits per heavy atom. The first kappa shape index (κ1) is 14.3.